The maximum absolute atomic E-state index is 9.34. The van der Waals surface area contributed by atoms with E-state index in [1.807, 2.05) is 12.1 Å². The highest BCUT2D eigenvalue weighted by atomic mass is 35.5. The Morgan fingerprint density at radius 1 is 1.41 bits per heavy atom. The molecule has 0 spiro atoms. The van der Waals surface area contributed by atoms with Crippen molar-refractivity contribution in [2.75, 3.05) is 0 Å². The minimum atomic E-state index is -0.626. The Bertz CT molecular complexity index is 525. The Balaban J connectivity index is 2.22. The van der Waals surface area contributed by atoms with Crippen LogP contribution in [0.4, 0.5) is 0 Å². The molecule has 1 aromatic carbocycles. The molecule has 1 heterocycles. The van der Waals surface area contributed by atoms with Gasteiger partial charge < -0.3 is 5.11 Å². The molecule has 0 aliphatic carbocycles. The van der Waals surface area contributed by atoms with Crippen LogP contribution >= 0.6 is 23.2 Å². The maximum Gasteiger partial charge on any atom is 0.111 e. The van der Waals surface area contributed by atoms with Crippen molar-refractivity contribution in [3.63, 3.8) is 0 Å². The van der Waals surface area contributed by atoms with Gasteiger partial charge in [0.25, 0.3) is 0 Å². The van der Waals surface area contributed by atoms with E-state index in [0.29, 0.717) is 22.3 Å². The summed E-state index contributed by atoms with van der Waals surface area (Å²) in [5, 5.41) is 18.1. The third kappa shape index (κ3) is 2.77. The Labute approximate surface area is 109 Å². The lowest BCUT2D eigenvalue weighted by Crippen LogP contribution is -2.01. The number of aromatic nitrogens is 3. The fourth-order valence-electron chi connectivity index (χ4n) is 1.43. The van der Waals surface area contributed by atoms with Crippen LogP contribution in [0.5, 0.6) is 0 Å². The molecule has 2 aromatic rings. The van der Waals surface area contributed by atoms with Crippen molar-refractivity contribution >= 4 is 23.2 Å². The number of nitrogens with zero attached hydrogens (tertiary/aromatic N) is 3. The van der Waals surface area contributed by atoms with Gasteiger partial charge in [0.1, 0.15) is 5.69 Å². The van der Waals surface area contributed by atoms with E-state index in [-0.39, 0.29) is 0 Å². The van der Waals surface area contributed by atoms with E-state index in [9.17, 15) is 5.11 Å². The molecule has 0 fully saturated rings. The van der Waals surface area contributed by atoms with Gasteiger partial charge >= 0.3 is 0 Å². The number of aliphatic hydroxyl groups is 1. The van der Waals surface area contributed by atoms with Gasteiger partial charge in [0.2, 0.25) is 0 Å². The Kier molecular flexibility index (Phi) is 3.66. The minimum Gasteiger partial charge on any atom is -0.387 e. The minimum absolute atomic E-state index is 0.471. The number of hydrogen-bond acceptors (Lipinski definition) is 3. The standard InChI is InChI=1S/C11H11Cl2N3O/c1-7(17)10-6-16(15-14-10)5-8-3-2-4-9(12)11(8)13/h2-4,6-7,17H,5H2,1H3. The van der Waals surface area contributed by atoms with Crippen LogP contribution in [-0.4, -0.2) is 20.1 Å². The van der Waals surface area contributed by atoms with E-state index < -0.39 is 6.10 Å². The van der Waals surface area contributed by atoms with Crippen molar-refractivity contribution in [2.24, 2.45) is 0 Å². The first-order chi connectivity index (χ1) is 8.08. The number of benzene rings is 1. The molecule has 0 bridgehead atoms. The van der Waals surface area contributed by atoms with Crippen LogP contribution in [0, 0.1) is 0 Å². The number of rotatable bonds is 3. The highest BCUT2D eigenvalue weighted by molar-refractivity contribution is 6.42. The molecular weight excluding hydrogens is 261 g/mol. The highest BCUT2D eigenvalue weighted by Gasteiger charge is 2.09. The zero-order chi connectivity index (χ0) is 12.4. The first-order valence-corrected chi connectivity index (χ1v) is 5.84. The van der Waals surface area contributed by atoms with E-state index in [4.69, 9.17) is 23.2 Å². The molecule has 1 N–H and O–H groups in total. The maximum atomic E-state index is 9.34. The first-order valence-electron chi connectivity index (χ1n) is 5.09. The third-order valence-electron chi connectivity index (χ3n) is 2.35. The van der Waals surface area contributed by atoms with Gasteiger partial charge in [0.15, 0.2) is 0 Å². The van der Waals surface area contributed by atoms with Crippen LogP contribution < -0.4 is 0 Å². The first kappa shape index (κ1) is 12.4. The zero-order valence-electron chi connectivity index (χ0n) is 9.14. The molecule has 0 saturated carbocycles. The van der Waals surface area contributed by atoms with Gasteiger partial charge in [-0.2, -0.15) is 0 Å². The molecule has 1 atom stereocenters. The van der Waals surface area contributed by atoms with Crippen molar-refractivity contribution in [3.05, 3.63) is 45.7 Å². The molecule has 0 aliphatic rings. The van der Waals surface area contributed by atoms with E-state index in [1.54, 1.807) is 23.9 Å². The fraction of sp³-hybridized carbons (Fsp3) is 0.273. The van der Waals surface area contributed by atoms with Crippen LogP contribution in [-0.2, 0) is 6.54 Å². The van der Waals surface area contributed by atoms with Crippen LogP contribution in [0.25, 0.3) is 0 Å². The summed E-state index contributed by atoms with van der Waals surface area (Å²) in [6.45, 7) is 2.11. The summed E-state index contributed by atoms with van der Waals surface area (Å²) in [5.74, 6) is 0. The lowest BCUT2D eigenvalue weighted by atomic mass is 10.2. The van der Waals surface area contributed by atoms with Crippen molar-refractivity contribution in [1.29, 1.82) is 0 Å². The molecule has 6 heteroatoms. The van der Waals surface area contributed by atoms with E-state index in [0.717, 1.165) is 5.56 Å². The molecule has 1 aromatic heterocycles. The molecule has 17 heavy (non-hydrogen) atoms. The average molecular weight is 272 g/mol. The van der Waals surface area contributed by atoms with Gasteiger partial charge in [-0.15, -0.1) is 5.10 Å². The zero-order valence-corrected chi connectivity index (χ0v) is 10.7. The van der Waals surface area contributed by atoms with Gasteiger partial charge in [0, 0.05) is 0 Å². The Morgan fingerprint density at radius 2 is 2.18 bits per heavy atom. The number of hydrogen-bond donors (Lipinski definition) is 1. The topological polar surface area (TPSA) is 50.9 Å². The highest BCUT2D eigenvalue weighted by Crippen LogP contribution is 2.26. The van der Waals surface area contributed by atoms with E-state index >= 15 is 0 Å². The molecule has 0 saturated heterocycles. The van der Waals surface area contributed by atoms with Crippen LogP contribution in [0.2, 0.25) is 10.0 Å². The average Bonchev–Trinajstić information content (AvgIpc) is 2.73. The summed E-state index contributed by atoms with van der Waals surface area (Å²) < 4.78 is 1.61. The second-order valence-corrected chi connectivity index (χ2v) is 4.52. The summed E-state index contributed by atoms with van der Waals surface area (Å²) in [6.07, 6.45) is 1.06. The van der Waals surface area contributed by atoms with Crippen molar-refractivity contribution in [3.8, 4) is 0 Å². The van der Waals surface area contributed by atoms with Gasteiger partial charge in [0.05, 0.1) is 28.9 Å². The summed E-state index contributed by atoms with van der Waals surface area (Å²) >= 11 is 12.0. The predicted molar refractivity (Wildman–Crippen MR) is 66.2 cm³/mol. The van der Waals surface area contributed by atoms with E-state index in [2.05, 4.69) is 10.3 Å². The molecule has 4 nitrogen and oxygen atoms in total. The molecule has 2 rings (SSSR count). The van der Waals surface area contributed by atoms with Crippen molar-refractivity contribution < 1.29 is 5.11 Å². The molecule has 1 unspecified atom stereocenters. The van der Waals surface area contributed by atoms with Crippen LogP contribution in [0.15, 0.2) is 24.4 Å². The van der Waals surface area contributed by atoms with Gasteiger partial charge in [-0.3, -0.25) is 0 Å². The molecule has 0 radical (unpaired) electrons. The van der Waals surface area contributed by atoms with Crippen LogP contribution in [0.1, 0.15) is 24.3 Å². The van der Waals surface area contributed by atoms with Gasteiger partial charge in [-0.05, 0) is 18.6 Å². The number of aliphatic hydroxyl groups excluding tert-OH is 1. The summed E-state index contributed by atoms with van der Waals surface area (Å²) in [7, 11) is 0. The second kappa shape index (κ2) is 5.04. The quantitative estimate of drug-likeness (QED) is 0.934. The smallest absolute Gasteiger partial charge is 0.111 e. The third-order valence-corrected chi connectivity index (χ3v) is 3.21. The Hall–Kier alpha value is -1.10. The molecule has 0 aliphatic heterocycles. The fourth-order valence-corrected chi connectivity index (χ4v) is 1.81. The lowest BCUT2D eigenvalue weighted by Gasteiger charge is -2.05. The van der Waals surface area contributed by atoms with Crippen LogP contribution in [0.3, 0.4) is 0 Å². The van der Waals surface area contributed by atoms with Crippen molar-refractivity contribution in [2.45, 2.75) is 19.6 Å². The van der Waals surface area contributed by atoms with Gasteiger partial charge in [-0.1, -0.05) is 40.5 Å². The summed E-state index contributed by atoms with van der Waals surface area (Å²) in [5.41, 5.74) is 1.39. The van der Waals surface area contributed by atoms with Crippen molar-refractivity contribution in [1.82, 2.24) is 15.0 Å². The predicted octanol–water partition coefficient (Wildman–Crippen LogP) is 2.69. The molecular formula is C11H11Cl2N3O. The Morgan fingerprint density at radius 3 is 2.82 bits per heavy atom. The van der Waals surface area contributed by atoms with E-state index in [1.165, 1.54) is 0 Å². The molecule has 0 amide bonds. The van der Waals surface area contributed by atoms with Gasteiger partial charge in [-0.25, -0.2) is 4.68 Å². The summed E-state index contributed by atoms with van der Waals surface area (Å²) in [6, 6.07) is 5.43. The lowest BCUT2D eigenvalue weighted by molar-refractivity contribution is 0.194. The largest absolute Gasteiger partial charge is 0.387 e. The molecule has 90 valence electrons. The number of halogens is 2. The normalized spacial score (nSPS) is 12.7. The monoisotopic (exact) mass is 271 g/mol. The summed E-state index contributed by atoms with van der Waals surface area (Å²) in [4.78, 5) is 0. The SMILES string of the molecule is CC(O)c1cn(Cc2cccc(Cl)c2Cl)nn1. The second-order valence-electron chi connectivity index (χ2n) is 3.73.